The van der Waals surface area contributed by atoms with Crippen LogP contribution in [-0.4, -0.2) is 17.5 Å². The molecule has 0 aliphatic carbocycles. The highest BCUT2D eigenvalue weighted by Gasteiger charge is 2.17. The average Bonchev–Trinajstić information content (AvgIpc) is 2.97. The zero-order chi connectivity index (χ0) is 16.9. The summed E-state index contributed by atoms with van der Waals surface area (Å²) < 4.78 is 0. The third-order valence-electron chi connectivity index (χ3n) is 3.48. The summed E-state index contributed by atoms with van der Waals surface area (Å²) in [7, 11) is 0. The van der Waals surface area contributed by atoms with Crippen molar-refractivity contribution in [3.05, 3.63) is 45.9 Å². The minimum atomic E-state index is 0. The van der Waals surface area contributed by atoms with E-state index in [0.29, 0.717) is 12.5 Å². The number of thiazole rings is 1. The molecule has 3 N–H and O–H groups in total. The van der Waals surface area contributed by atoms with Crippen molar-refractivity contribution in [1.29, 1.82) is 0 Å². The number of benzene rings is 1. The smallest absolute Gasteiger partial charge is 0.193 e. The van der Waals surface area contributed by atoms with E-state index in [2.05, 4.69) is 60.5 Å². The van der Waals surface area contributed by atoms with Gasteiger partial charge in [0, 0.05) is 29.4 Å². The van der Waals surface area contributed by atoms with E-state index in [4.69, 9.17) is 5.73 Å². The Morgan fingerprint density at radius 3 is 2.46 bits per heavy atom. The summed E-state index contributed by atoms with van der Waals surface area (Å²) in [5.41, 5.74) is 9.41. The van der Waals surface area contributed by atoms with E-state index in [1.807, 2.05) is 12.1 Å². The van der Waals surface area contributed by atoms with Crippen molar-refractivity contribution in [1.82, 2.24) is 4.98 Å². The molecular weight excluding hydrogens is 431 g/mol. The molecule has 4 nitrogen and oxygen atoms in total. The molecule has 0 radical (unpaired) electrons. The van der Waals surface area contributed by atoms with Gasteiger partial charge in [-0.15, -0.1) is 35.3 Å². The minimum absolute atomic E-state index is 0. The molecule has 0 bridgehead atoms. The highest BCUT2D eigenvalue weighted by Crippen LogP contribution is 2.25. The van der Waals surface area contributed by atoms with Crippen LogP contribution in [0, 0.1) is 0 Å². The molecule has 2 rings (SSSR count). The van der Waals surface area contributed by atoms with Crippen LogP contribution in [0.15, 0.2) is 34.6 Å². The summed E-state index contributed by atoms with van der Waals surface area (Å²) in [6.07, 6.45) is 1.85. The topological polar surface area (TPSA) is 63.3 Å². The summed E-state index contributed by atoms with van der Waals surface area (Å²) >= 11 is 1.71. The first-order chi connectivity index (χ1) is 10.9. The standard InChI is InChI=1S/C18H26N4S.HI/c1-5-13-6-8-14(9-7-13)22-17(19)20-11-10-15-12-23-16(21-15)18(2,3)4;/h6-9,12H,5,10-11H2,1-4H3,(H3,19,20,22);1H. The van der Waals surface area contributed by atoms with Crippen LogP contribution in [0.3, 0.4) is 0 Å². The summed E-state index contributed by atoms with van der Waals surface area (Å²) in [4.78, 5) is 9.05. The van der Waals surface area contributed by atoms with E-state index in [-0.39, 0.29) is 29.4 Å². The van der Waals surface area contributed by atoms with Crippen molar-refractivity contribution in [2.45, 2.75) is 46.0 Å². The molecule has 6 heteroatoms. The van der Waals surface area contributed by atoms with Crippen LogP contribution in [0.4, 0.5) is 5.69 Å². The fourth-order valence-electron chi connectivity index (χ4n) is 2.07. The number of anilines is 1. The molecule has 132 valence electrons. The quantitative estimate of drug-likeness (QED) is 0.392. The number of rotatable bonds is 5. The molecule has 1 heterocycles. The lowest BCUT2D eigenvalue weighted by Gasteiger charge is -2.13. The SMILES string of the molecule is CCc1ccc(NC(N)=NCCc2csc(C(C)(C)C)n2)cc1.I. The number of nitrogens with two attached hydrogens (primary N) is 1. The van der Waals surface area contributed by atoms with Crippen LogP contribution in [-0.2, 0) is 18.3 Å². The normalized spacial score (nSPS) is 11.9. The molecule has 0 spiro atoms. The van der Waals surface area contributed by atoms with Crippen molar-refractivity contribution in [2.24, 2.45) is 10.7 Å². The van der Waals surface area contributed by atoms with Gasteiger partial charge < -0.3 is 11.1 Å². The molecule has 0 amide bonds. The maximum atomic E-state index is 5.94. The number of aromatic nitrogens is 1. The van der Waals surface area contributed by atoms with Crippen molar-refractivity contribution >= 4 is 47.0 Å². The van der Waals surface area contributed by atoms with Crippen LogP contribution in [0.25, 0.3) is 0 Å². The molecule has 0 atom stereocenters. The van der Waals surface area contributed by atoms with Crippen molar-refractivity contribution in [2.75, 3.05) is 11.9 Å². The fraction of sp³-hybridized carbons (Fsp3) is 0.444. The molecule has 0 unspecified atom stereocenters. The van der Waals surface area contributed by atoms with E-state index in [9.17, 15) is 0 Å². The third kappa shape index (κ3) is 6.39. The lowest BCUT2D eigenvalue weighted by atomic mass is 9.98. The average molecular weight is 458 g/mol. The first-order valence-corrected chi connectivity index (χ1v) is 8.87. The van der Waals surface area contributed by atoms with Crippen LogP contribution < -0.4 is 11.1 Å². The largest absolute Gasteiger partial charge is 0.370 e. The third-order valence-corrected chi connectivity index (χ3v) is 4.79. The summed E-state index contributed by atoms with van der Waals surface area (Å²) in [5.74, 6) is 0.445. The molecule has 0 saturated carbocycles. The zero-order valence-electron chi connectivity index (χ0n) is 14.8. The Bertz CT molecular complexity index is 656. The summed E-state index contributed by atoms with van der Waals surface area (Å²) in [6.45, 7) is 9.32. The molecule has 2 aromatic rings. The van der Waals surface area contributed by atoms with Crippen LogP contribution in [0.2, 0.25) is 0 Å². The van der Waals surface area contributed by atoms with E-state index in [1.54, 1.807) is 11.3 Å². The van der Waals surface area contributed by atoms with Crippen LogP contribution >= 0.6 is 35.3 Å². The van der Waals surface area contributed by atoms with Gasteiger partial charge in [-0.05, 0) is 24.1 Å². The van der Waals surface area contributed by atoms with Gasteiger partial charge in [0.15, 0.2) is 5.96 Å². The minimum Gasteiger partial charge on any atom is -0.370 e. The van der Waals surface area contributed by atoms with Gasteiger partial charge >= 0.3 is 0 Å². The number of aliphatic imine (C=N–C) groups is 1. The molecule has 0 fully saturated rings. The van der Waals surface area contributed by atoms with Gasteiger partial charge in [-0.2, -0.15) is 0 Å². The van der Waals surface area contributed by atoms with E-state index >= 15 is 0 Å². The molecule has 0 saturated heterocycles. The maximum absolute atomic E-state index is 5.94. The van der Waals surface area contributed by atoms with E-state index < -0.39 is 0 Å². The molecule has 1 aromatic carbocycles. The molecule has 0 aliphatic heterocycles. The Morgan fingerprint density at radius 2 is 1.92 bits per heavy atom. The van der Waals surface area contributed by atoms with Crippen molar-refractivity contribution in [3.63, 3.8) is 0 Å². The van der Waals surface area contributed by atoms with Gasteiger partial charge in [-0.25, -0.2) is 4.98 Å². The first-order valence-electron chi connectivity index (χ1n) is 7.99. The fourth-order valence-corrected chi connectivity index (χ4v) is 3.01. The van der Waals surface area contributed by atoms with Crippen molar-refractivity contribution < 1.29 is 0 Å². The highest BCUT2D eigenvalue weighted by molar-refractivity contribution is 14.0. The molecule has 0 aliphatic rings. The first kappa shape index (κ1) is 20.9. The van der Waals surface area contributed by atoms with Gasteiger partial charge in [0.1, 0.15) is 0 Å². The number of hydrogen-bond donors (Lipinski definition) is 2. The van der Waals surface area contributed by atoms with Gasteiger partial charge in [-0.3, -0.25) is 4.99 Å². The van der Waals surface area contributed by atoms with Gasteiger partial charge in [0.2, 0.25) is 0 Å². The van der Waals surface area contributed by atoms with Gasteiger partial charge in [0.25, 0.3) is 0 Å². The van der Waals surface area contributed by atoms with Crippen LogP contribution in [0.5, 0.6) is 0 Å². The second-order valence-corrected chi connectivity index (χ2v) is 7.44. The second-order valence-electron chi connectivity index (χ2n) is 6.59. The highest BCUT2D eigenvalue weighted by atomic mass is 127. The zero-order valence-corrected chi connectivity index (χ0v) is 17.9. The Morgan fingerprint density at radius 1 is 1.25 bits per heavy atom. The summed E-state index contributed by atoms with van der Waals surface area (Å²) in [6, 6.07) is 8.24. The van der Waals surface area contributed by atoms with E-state index in [0.717, 1.165) is 24.2 Å². The van der Waals surface area contributed by atoms with E-state index in [1.165, 1.54) is 10.6 Å². The Balaban J connectivity index is 0.00000288. The number of nitrogens with zero attached hydrogens (tertiary/aromatic N) is 2. The lowest BCUT2D eigenvalue weighted by molar-refractivity contribution is 0.583. The Kier molecular flexibility index (Phi) is 8.15. The predicted octanol–water partition coefficient (Wildman–Crippen LogP) is 4.59. The van der Waals surface area contributed by atoms with Gasteiger partial charge in [0.05, 0.1) is 10.7 Å². The maximum Gasteiger partial charge on any atom is 0.193 e. The number of nitrogens with one attached hydrogen (secondary N) is 1. The molecule has 24 heavy (non-hydrogen) atoms. The van der Waals surface area contributed by atoms with Gasteiger partial charge in [-0.1, -0.05) is 39.8 Å². The second kappa shape index (κ2) is 9.36. The number of hydrogen-bond acceptors (Lipinski definition) is 3. The van der Waals surface area contributed by atoms with Crippen molar-refractivity contribution in [3.8, 4) is 0 Å². The number of guanidine groups is 1. The lowest BCUT2D eigenvalue weighted by Crippen LogP contribution is -2.23. The monoisotopic (exact) mass is 458 g/mol. The number of aryl methyl sites for hydroxylation is 1. The van der Waals surface area contributed by atoms with Crippen LogP contribution in [0.1, 0.15) is 44.0 Å². The number of halogens is 1. The predicted molar refractivity (Wildman–Crippen MR) is 116 cm³/mol. The Hall–Kier alpha value is -1.15. The molecular formula is C18H27IN4S. The Labute approximate surface area is 166 Å². The summed E-state index contributed by atoms with van der Waals surface area (Å²) in [5, 5.41) is 6.40. The molecule has 1 aromatic heterocycles.